The number of pyridine rings is 1. The number of carbonyl (C=O) groups is 1. The lowest BCUT2D eigenvalue weighted by Crippen LogP contribution is -2.33. The highest BCUT2D eigenvalue weighted by molar-refractivity contribution is 5.89. The van der Waals surface area contributed by atoms with Crippen LogP contribution in [-0.2, 0) is 12.7 Å². The summed E-state index contributed by atoms with van der Waals surface area (Å²) < 4.78 is 40.7. The first-order chi connectivity index (χ1) is 13.9. The van der Waals surface area contributed by atoms with Gasteiger partial charge in [-0.05, 0) is 43.7 Å². The number of alkyl halides is 3. The average Bonchev–Trinajstić information content (AvgIpc) is 3.32. The highest BCUT2D eigenvalue weighted by Gasteiger charge is 2.32. The van der Waals surface area contributed by atoms with Gasteiger partial charge in [-0.25, -0.2) is 14.8 Å². The summed E-state index contributed by atoms with van der Waals surface area (Å²) in [6.45, 7) is 3.70. The van der Waals surface area contributed by atoms with Crippen LogP contribution in [0.4, 0.5) is 23.7 Å². The molecule has 3 heterocycles. The average molecular weight is 403 g/mol. The third-order valence-electron chi connectivity index (χ3n) is 5.13. The van der Waals surface area contributed by atoms with Crippen LogP contribution in [0.2, 0.25) is 0 Å². The summed E-state index contributed by atoms with van der Waals surface area (Å²) >= 11 is 0. The molecule has 6 nitrogen and oxygen atoms in total. The van der Waals surface area contributed by atoms with Crippen LogP contribution in [0.25, 0.3) is 11.2 Å². The van der Waals surface area contributed by atoms with E-state index in [1.807, 2.05) is 23.6 Å². The molecule has 9 heteroatoms. The van der Waals surface area contributed by atoms with Gasteiger partial charge in [-0.2, -0.15) is 13.2 Å². The zero-order valence-corrected chi connectivity index (χ0v) is 15.8. The number of halogens is 3. The first-order valence-electron chi connectivity index (χ1n) is 9.41. The zero-order valence-electron chi connectivity index (χ0n) is 15.8. The van der Waals surface area contributed by atoms with Crippen molar-refractivity contribution < 1.29 is 18.0 Å². The van der Waals surface area contributed by atoms with Gasteiger partial charge in [0.05, 0.1) is 5.56 Å². The van der Waals surface area contributed by atoms with E-state index in [1.165, 1.54) is 12.1 Å². The summed E-state index contributed by atoms with van der Waals surface area (Å²) in [7, 11) is 0. The predicted molar refractivity (Wildman–Crippen MR) is 103 cm³/mol. The van der Waals surface area contributed by atoms with Gasteiger partial charge in [0.2, 0.25) is 0 Å². The molecule has 1 aromatic carbocycles. The van der Waals surface area contributed by atoms with Crippen LogP contribution < -0.4 is 5.32 Å². The van der Waals surface area contributed by atoms with E-state index >= 15 is 0 Å². The van der Waals surface area contributed by atoms with Crippen LogP contribution in [0.15, 0.2) is 42.6 Å². The Hall–Kier alpha value is -3.10. The molecule has 0 spiro atoms. The number of hydrogen-bond donors (Lipinski definition) is 1. The highest BCUT2D eigenvalue weighted by atomic mass is 19.4. The minimum Gasteiger partial charge on any atom is -0.324 e. The summed E-state index contributed by atoms with van der Waals surface area (Å²) in [5.74, 6) is 0.937. The maximum absolute atomic E-state index is 12.9. The van der Waals surface area contributed by atoms with Crippen molar-refractivity contribution in [1.29, 1.82) is 0 Å². The third-order valence-corrected chi connectivity index (χ3v) is 5.13. The summed E-state index contributed by atoms with van der Waals surface area (Å²) in [4.78, 5) is 23.3. The molecule has 152 valence electrons. The number of hydrogen-bond acceptors (Lipinski definition) is 3. The van der Waals surface area contributed by atoms with Crippen molar-refractivity contribution in [1.82, 2.24) is 19.4 Å². The van der Waals surface area contributed by atoms with E-state index in [2.05, 4.69) is 10.3 Å². The number of benzene rings is 1. The van der Waals surface area contributed by atoms with Crippen LogP contribution in [0.3, 0.4) is 0 Å². The Morgan fingerprint density at radius 3 is 2.86 bits per heavy atom. The number of urea groups is 1. The third kappa shape index (κ3) is 3.76. The van der Waals surface area contributed by atoms with Crippen molar-refractivity contribution in [2.75, 3.05) is 18.4 Å². The standard InChI is InChI=1S/C20H20F3N5O/c1-2-28-17(26-16-7-4-9-24-18(16)28)13-8-10-27(12-13)19(29)25-15-6-3-5-14(11-15)20(21,22)23/h3-7,9,11,13H,2,8,10,12H2,1H3,(H,25,29)/t13-/m0/s1. The van der Waals surface area contributed by atoms with Gasteiger partial charge in [-0.15, -0.1) is 0 Å². The molecule has 1 saturated heterocycles. The molecular formula is C20H20F3N5O. The summed E-state index contributed by atoms with van der Waals surface area (Å²) in [5, 5.41) is 2.57. The molecule has 29 heavy (non-hydrogen) atoms. The minimum absolute atomic E-state index is 0.0522. The molecular weight excluding hydrogens is 383 g/mol. The van der Waals surface area contributed by atoms with Crippen LogP contribution >= 0.6 is 0 Å². The Balaban J connectivity index is 1.48. The number of amides is 2. The highest BCUT2D eigenvalue weighted by Crippen LogP contribution is 2.32. The van der Waals surface area contributed by atoms with E-state index in [1.54, 1.807) is 11.1 Å². The molecule has 0 bridgehead atoms. The minimum atomic E-state index is -4.45. The molecule has 1 aliphatic rings. The Labute approximate surface area is 165 Å². The van der Waals surface area contributed by atoms with E-state index in [4.69, 9.17) is 4.98 Å². The largest absolute Gasteiger partial charge is 0.416 e. The van der Waals surface area contributed by atoms with E-state index in [-0.39, 0.29) is 11.6 Å². The zero-order chi connectivity index (χ0) is 20.6. The molecule has 2 aromatic heterocycles. The van der Waals surface area contributed by atoms with Crippen molar-refractivity contribution >= 4 is 22.9 Å². The molecule has 1 atom stereocenters. The van der Waals surface area contributed by atoms with E-state index in [0.29, 0.717) is 13.1 Å². The smallest absolute Gasteiger partial charge is 0.324 e. The van der Waals surface area contributed by atoms with Crippen molar-refractivity contribution in [2.45, 2.75) is 32.0 Å². The SMILES string of the molecule is CCn1c([C@H]2CCN(C(=O)Nc3cccc(C(F)(F)F)c3)C2)nc2cccnc21. The number of likely N-dealkylation sites (tertiary alicyclic amines) is 1. The van der Waals surface area contributed by atoms with Crippen LogP contribution in [0.5, 0.6) is 0 Å². The molecule has 0 saturated carbocycles. The molecule has 2 amide bonds. The second-order valence-electron chi connectivity index (χ2n) is 7.00. The monoisotopic (exact) mass is 403 g/mol. The van der Waals surface area contributed by atoms with Gasteiger partial charge >= 0.3 is 12.2 Å². The van der Waals surface area contributed by atoms with E-state index < -0.39 is 17.8 Å². The molecule has 1 N–H and O–H groups in total. The Morgan fingerprint density at radius 1 is 1.28 bits per heavy atom. The molecule has 1 fully saturated rings. The molecule has 0 unspecified atom stereocenters. The molecule has 1 aliphatic heterocycles. The van der Waals surface area contributed by atoms with Gasteiger partial charge in [0.15, 0.2) is 5.65 Å². The first kappa shape index (κ1) is 19.2. The number of carbonyl (C=O) groups excluding carboxylic acids is 1. The number of nitrogens with zero attached hydrogens (tertiary/aromatic N) is 4. The second-order valence-corrected chi connectivity index (χ2v) is 7.00. The van der Waals surface area contributed by atoms with Crippen LogP contribution in [-0.4, -0.2) is 38.6 Å². The van der Waals surface area contributed by atoms with Gasteiger partial charge in [0.25, 0.3) is 0 Å². The fourth-order valence-corrected chi connectivity index (χ4v) is 3.73. The van der Waals surface area contributed by atoms with E-state index in [9.17, 15) is 18.0 Å². The first-order valence-corrected chi connectivity index (χ1v) is 9.41. The Kier molecular flexibility index (Phi) is 4.89. The quantitative estimate of drug-likeness (QED) is 0.701. The van der Waals surface area contributed by atoms with Crippen molar-refractivity contribution in [3.63, 3.8) is 0 Å². The van der Waals surface area contributed by atoms with Gasteiger partial charge in [-0.3, -0.25) is 0 Å². The fourth-order valence-electron chi connectivity index (χ4n) is 3.73. The lowest BCUT2D eigenvalue weighted by Gasteiger charge is -2.18. The van der Waals surface area contributed by atoms with Crippen molar-refractivity contribution in [2.24, 2.45) is 0 Å². The number of rotatable bonds is 3. The van der Waals surface area contributed by atoms with Crippen LogP contribution in [0.1, 0.15) is 30.7 Å². The van der Waals surface area contributed by atoms with Gasteiger partial charge < -0.3 is 14.8 Å². The van der Waals surface area contributed by atoms with Gasteiger partial charge in [0, 0.05) is 37.4 Å². The molecule has 4 rings (SSSR count). The van der Waals surface area contributed by atoms with E-state index in [0.717, 1.165) is 42.1 Å². The van der Waals surface area contributed by atoms with Gasteiger partial charge in [-0.1, -0.05) is 6.07 Å². The summed E-state index contributed by atoms with van der Waals surface area (Å²) in [5.41, 5.74) is 0.963. The number of aryl methyl sites for hydroxylation is 1. The van der Waals surface area contributed by atoms with Crippen LogP contribution in [0, 0.1) is 0 Å². The topological polar surface area (TPSA) is 63.1 Å². The normalized spacial score (nSPS) is 17.1. The number of nitrogens with one attached hydrogen (secondary N) is 1. The van der Waals surface area contributed by atoms with Gasteiger partial charge in [0.1, 0.15) is 11.3 Å². The maximum Gasteiger partial charge on any atom is 0.416 e. The summed E-state index contributed by atoms with van der Waals surface area (Å²) in [6, 6.07) is 7.97. The summed E-state index contributed by atoms with van der Waals surface area (Å²) in [6.07, 6.45) is -1.99. The number of fused-ring (bicyclic) bond motifs is 1. The lowest BCUT2D eigenvalue weighted by molar-refractivity contribution is -0.137. The number of anilines is 1. The lowest BCUT2D eigenvalue weighted by atomic mass is 10.1. The Bertz CT molecular complexity index is 1050. The molecule has 3 aromatic rings. The number of imidazole rings is 1. The maximum atomic E-state index is 12.9. The van der Waals surface area contributed by atoms with Crippen molar-refractivity contribution in [3.8, 4) is 0 Å². The number of aromatic nitrogens is 3. The molecule has 0 radical (unpaired) electrons. The predicted octanol–water partition coefficient (Wildman–Crippen LogP) is 4.49. The fraction of sp³-hybridized carbons (Fsp3) is 0.350. The van der Waals surface area contributed by atoms with Crippen molar-refractivity contribution in [3.05, 3.63) is 54.0 Å². The second kappa shape index (κ2) is 7.38. The molecule has 0 aliphatic carbocycles. The Morgan fingerprint density at radius 2 is 2.10 bits per heavy atom.